The molecule has 1 aromatic rings. The third-order valence-corrected chi connectivity index (χ3v) is 2.91. The molecule has 3 heteroatoms. The van der Waals surface area contributed by atoms with Gasteiger partial charge in [-0.05, 0) is 43.7 Å². The molecule has 0 aliphatic rings. The number of hydrogen-bond acceptors (Lipinski definition) is 2. The number of benzene rings is 1. The van der Waals surface area contributed by atoms with Gasteiger partial charge in [0.25, 0.3) is 0 Å². The van der Waals surface area contributed by atoms with E-state index in [-0.39, 0.29) is 6.10 Å². The van der Waals surface area contributed by atoms with E-state index in [4.69, 9.17) is 4.74 Å². The normalized spacial score (nSPS) is 12.9. The lowest BCUT2D eigenvalue weighted by atomic mass is 10.0. The fraction of sp³-hybridized carbons (Fsp3) is 0.538. The van der Waals surface area contributed by atoms with Crippen LogP contribution in [0.2, 0.25) is 0 Å². The number of rotatable bonds is 5. The molecular weight excluding hydrogens is 266 g/mol. The molecule has 0 amide bonds. The highest BCUT2D eigenvalue weighted by Gasteiger charge is 2.11. The van der Waals surface area contributed by atoms with Crippen LogP contribution < -0.4 is 10.1 Å². The highest BCUT2D eigenvalue weighted by atomic mass is 79.9. The summed E-state index contributed by atoms with van der Waals surface area (Å²) in [7, 11) is 1.94. The van der Waals surface area contributed by atoms with E-state index in [0.717, 1.165) is 16.8 Å². The monoisotopic (exact) mass is 285 g/mol. The smallest absolute Gasteiger partial charge is 0.123 e. The van der Waals surface area contributed by atoms with Crippen LogP contribution in [-0.2, 0) is 0 Å². The SMILES string of the molecule is CNCC(C)Oc1ccc(Br)cc1C(C)C. The van der Waals surface area contributed by atoms with Gasteiger partial charge in [-0.1, -0.05) is 29.8 Å². The number of nitrogens with one attached hydrogen (secondary N) is 1. The maximum atomic E-state index is 5.92. The minimum Gasteiger partial charge on any atom is -0.489 e. The molecule has 0 aliphatic heterocycles. The van der Waals surface area contributed by atoms with Crippen LogP contribution in [0.5, 0.6) is 5.75 Å². The van der Waals surface area contributed by atoms with Crippen LogP contribution in [0, 0.1) is 0 Å². The van der Waals surface area contributed by atoms with E-state index in [0.29, 0.717) is 5.92 Å². The van der Waals surface area contributed by atoms with Crippen LogP contribution in [0.1, 0.15) is 32.3 Å². The van der Waals surface area contributed by atoms with Crippen LogP contribution in [0.3, 0.4) is 0 Å². The van der Waals surface area contributed by atoms with Gasteiger partial charge in [-0.2, -0.15) is 0 Å². The van der Waals surface area contributed by atoms with E-state index >= 15 is 0 Å². The Morgan fingerprint density at radius 3 is 2.56 bits per heavy atom. The predicted octanol–water partition coefficient (Wildman–Crippen LogP) is 3.56. The van der Waals surface area contributed by atoms with Crippen molar-refractivity contribution < 1.29 is 4.74 Å². The van der Waals surface area contributed by atoms with Crippen molar-refractivity contribution in [1.29, 1.82) is 0 Å². The second-order valence-corrected chi connectivity index (χ2v) is 5.24. The van der Waals surface area contributed by atoms with Gasteiger partial charge in [-0.25, -0.2) is 0 Å². The topological polar surface area (TPSA) is 21.3 Å². The minimum atomic E-state index is 0.184. The molecule has 0 saturated carbocycles. The molecule has 0 heterocycles. The van der Waals surface area contributed by atoms with E-state index in [9.17, 15) is 0 Å². The first-order chi connectivity index (χ1) is 7.54. The quantitative estimate of drug-likeness (QED) is 0.893. The molecule has 1 aromatic carbocycles. The number of ether oxygens (including phenoxy) is 1. The predicted molar refractivity (Wildman–Crippen MR) is 72.2 cm³/mol. The third kappa shape index (κ3) is 3.80. The molecule has 1 N–H and O–H groups in total. The fourth-order valence-electron chi connectivity index (χ4n) is 1.62. The summed E-state index contributed by atoms with van der Waals surface area (Å²) < 4.78 is 7.02. The van der Waals surface area contributed by atoms with Crippen molar-refractivity contribution in [3.63, 3.8) is 0 Å². The van der Waals surface area contributed by atoms with E-state index < -0.39 is 0 Å². The summed E-state index contributed by atoms with van der Waals surface area (Å²) in [4.78, 5) is 0. The first kappa shape index (κ1) is 13.5. The second kappa shape index (κ2) is 6.26. The Balaban J connectivity index is 2.86. The van der Waals surface area contributed by atoms with Crippen LogP contribution in [0.4, 0.5) is 0 Å². The Morgan fingerprint density at radius 1 is 1.31 bits per heavy atom. The molecule has 0 radical (unpaired) electrons. The molecule has 16 heavy (non-hydrogen) atoms. The van der Waals surface area contributed by atoms with Crippen molar-refractivity contribution in [3.05, 3.63) is 28.2 Å². The Labute approximate surface area is 107 Å². The van der Waals surface area contributed by atoms with Crippen molar-refractivity contribution in [3.8, 4) is 5.75 Å². The average Bonchev–Trinajstić information content (AvgIpc) is 2.20. The molecule has 1 unspecified atom stereocenters. The molecule has 0 spiro atoms. The summed E-state index contributed by atoms with van der Waals surface area (Å²) in [5, 5.41) is 3.11. The number of likely N-dealkylation sites (N-methyl/N-ethyl adjacent to an activating group) is 1. The summed E-state index contributed by atoms with van der Waals surface area (Å²) in [5.41, 5.74) is 1.25. The Morgan fingerprint density at radius 2 is 2.00 bits per heavy atom. The summed E-state index contributed by atoms with van der Waals surface area (Å²) in [6.45, 7) is 7.28. The zero-order chi connectivity index (χ0) is 12.1. The maximum Gasteiger partial charge on any atom is 0.123 e. The molecular formula is C13H20BrNO. The Hall–Kier alpha value is -0.540. The van der Waals surface area contributed by atoms with E-state index in [1.165, 1.54) is 5.56 Å². The van der Waals surface area contributed by atoms with Crippen molar-refractivity contribution in [1.82, 2.24) is 5.32 Å². The lowest BCUT2D eigenvalue weighted by molar-refractivity contribution is 0.218. The number of hydrogen-bond donors (Lipinski definition) is 1. The summed E-state index contributed by atoms with van der Waals surface area (Å²) >= 11 is 3.49. The summed E-state index contributed by atoms with van der Waals surface area (Å²) in [6.07, 6.45) is 0.184. The Bertz CT molecular complexity index is 339. The summed E-state index contributed by atoms with van der Waals surface area (Å²) in [5.74, 6) is 1.45. The maximum absolute atomic E-state index is 5.92. The lowest BCUT2D eigenvalue weighted by Crippen LogP contribution is -2.26. The van der Waals surface area contributed by atoms with Gasteiger partial charge in [0.15, 0.2) is 0 Å². The van der Waals surface area contributed by atoms with Crippen molar-refractivity contribution in [2.45, 2.75) is 32.8 Å². The first-order valence-electron chi connectivity index (χ1n) is 5.65. The molecule has 0 saturated heterocycles. The molecule has 1 atom stereocenters. The van der Waals surface area contributed by atoms with Gasteiger partial charge in [0.2, 0.25) is 0 Å². The molecule has 0 bridgehead atoms. The highest BCUT2D eigenvalue weighted by molar-refractivity contribution is 9.10. The van der Waals surface area contributed by atoms with E-state index in [1.54, 1.807) is 0 Å². The molecule has 2 nitrogen and oxygen atoms in total. The fourth-order valence-corrected chi connectivity index (χ4v) is 2.00. The zero-order valence-corrected chi connectivity index (χ0v) is 12.0. The molecule has 0 fully saturated rings. The summed E-state index contributed by atoms with van der Waals surface area (Å²) in [6, 6.07) is 6.19. The standard InChI is InChI=1S/C13H20BrNO/c1-9(2)12-7-11(14)5-6-13(12)16-10(3)8-15-4/h5-7,9-10,15H,8H2,1-4H3. The van der Waals surface area contributed by atoms with Crippen LogP contribution in [0.15, 0.2) is 22.7 Å². The van der Waals surface area contributed by atoms with Crippen molar-refractivity contribution in [2.24, 2.45) is 0 Å². The zero-order valence-electron chi connectivity index (χ0n) is 10.4. The molecule has 90 valence electrons. The van der Waals surface area contributed by atoms with Crippen LogP contribution >= 0.6 is 15.9 Å². The largest absolute Gasteiger partial charge is 0.489 e. The van der Waals surface area contributed by atoms with Gasteiger partial charge in [0.05, 0.1) is 0 Å². The van der Waals surface area contributed by atoms with Gasteiger partial charge in [0.1, 0.15) is 11.9 Å². The van der Waals surface area contributed by atoms with E-state index in [2.05, 4.69) is 48.1 Å². The van der Waals surface area contributed by atoms with Crippen LogP contribution in [-0.4, -0.2) is 19.7 Å². The van der Waals surface area contributed by atoms with Gasteiger partial charge in [-0.15, -0.1) is 0 Å². The van der Waals surface area contributed by atoms with Gasteiger partial charge >= 0.3 is 0 Å². The van der Waals surface area contributed by atoms with Crippen molar-refractivity contribution in [2.75, 3.05) is 13.6 Å². The van der Waals surface area contributed by atoms with Crippen molar-refractivity contribution >= 4 is 15.9 Å². The third-order valence-electron chi connectivity index (χ3n) is 2.41. The van der Waals surface area contributed by atoms with Gasteiger partial charge < -0.3 is 10.1 Å². The number of halogens is 1. The Kier molecular flexibility index (Phi) is 5.29. The molecule has 0 aromatic heterocycles. The van der Waals surface area contributed by atoms with Gasteiger partial charge in [0, 0.05) is 11.0 Å². The second-order valence-electron chi connectivity index (χ2n) is 4.32. The lowest BCUT2D eigenvalue weighted by Gasteiger charge is -2.19. The van der Waals surface area contributed by atoms with E-state index in [1.807, 2.05) is 19.2 Å². The molecule has 0 aliphatic carbocycles. The molecule has 1 rings (SSSR count). The average molecular weight is 286 g/mol. The van der Waals surface area contributed by atoms with Gasteiger partial charge in [-0.3, -0.25) is 0 Å². The first-order valence-corrected chi connectivity index (χ1v) is 6.44. The minimum absolute atomic E-state index is 0.184. The van der Waals surface area contributed by atoms with Crippen LogP contribution in [0.25, 0.3) is 0 Å². The highest BCUT2D eigenvalue weighted by Crippen LogP contribution is 2.30.